The molecule has 0 aromatic carbocycles. The highest BCUT2D eigenvalue weighted by molar-refractivity contribution is 5.68. The molecule has 1 amide bonds. The Bertz CT molecular complexity index is 335. The highest BCUT2D eigenvalue weighted by Crippen LogP contribution is 2.19. The average molecular weight is 284 g/mol. The van der Waals surface area contributed by atoms with Crippen LogP contribution < -0.4 is 5.32 Å². The van der Waals surface area contributed by atoms with Crippen LogP contribution in [0.4, 0.5) is 4.79 Å². The van der Waals surface area contributed by atoms with Gasteiger partial charge in [-0.1, -0.05) is 0 Å². The fourth-order valence-electron chi connectivity index (χ4n) is 2.86. The Hall–Kier alpha value is -0.810. The van der Waals surface area contributed by atoms with Crippen molar-refractivity contribution in [3.8, 4) is 0 Å². The van der Waals surface area contributed by atoms with Crippen LogP contribution in [0.1, 0.15) is 47.0 Å². The molecule has 2 heterocycles. The van der Waals surface area contributed by atoms with Crippen LogP contribution in [0, 0.1) is 0 Å². The molecule has 0 saturated carbocycles. The Kier molecular flexibility index (Phi) is 4.91. The van der Waals surface area contributed by atoms with Gasteiger partial charge in [-0.3, -0.25) is 0 Å². The van der Waals surface area contributed by atoms with E-state index in [2.05, 4.69) is 12.2 Å². The number of likely N-dealkylation sites (tertiary alicyclic amines) is 1. The van der Waals surface area contributed by atoms with Gasteiger partial charge in [-0.05, 0) is 47.0 Å². The fourth-order valence-corrected chi connectivity index (χ4v) is 2.86. The molecule has 5 nitrogen and oxygen atoms in total. The van der Waals surface area contributed by atoms with Crippen molar-refractivity contribution >= 4 is 6.09 Å². The summed E-state index contributed by atoms with van der Waals surface area (Å²) in [5, 5.41) is 3.59. The van der Waals surface area contributed by atoms with Gasteiger partial charge in [0.2, 0.25) is 0 Å². The van der Waals surface area contributed by atoms with Crippen LogP contribution in [0.15, 0.2) is 0 Å². The molecule has 2 saturated heterocycles. The second-order valence-electron chi connectivity index (χ2n) is 6.92. The minimum absolute atomic E-state index is 0.202. The van der Waals surface area contributed by atoms with Crippen LogP contribution in [-0.2, 0) is 9.47 Å². The molecule has 2 fully saturated rings. The maximum absolute atomic E-state index is 12.0. The van der Waals surface area contributed by atoms with Crippen LogP contribution in [-0.4, -0.2) is 54.5 Å². The van der Waals surface area contributed by atoms with E-state index in [-0.39, 0.29) is 6.09 Å². The molecule has 0 aliphatic carbocycles. The molecule has 3 atom stereocenters. The second kappa shape index (κ2) is 6.31. The standard InChI is InChI=1S/C15H28N2O3/c1-11(13-6-5-9-19-13)16-12-7-8-17(10-12)14(18)20-15(2,3)4/h11-13,16H,5-10H2,1-4H3. The monoisotopic (exact) mass is 284 g/mol. The molecular formula is C15H28N2O3. The SMILES string of the molecule is CC(NC1CCN(C(=O)OC(C)(C)C)C1)C1CCCO1. The van der Waals surface area contributed by atoms with Gasteiger partial charge >= 0.3 is 6.09 Å². The lowest BCUT2D eigenvalue weighted by atomic mass is 10.1. The maximum Gasteiger partial charge on any atom is 0.410 e. The zero-order valence-corrected chi connectivity index (χ0v) is 13.1. The number of nitrogens with one attached hydrogen (secondary N) is 1. The van der Waals surface area contributed by atoms with Crippen molar-refractivity contribution in [2.24, 2.45) is 0 Å². The Labute approximate surface area is 122 Å². The Balaban J connectivity index is 1.75. The third kappa shape index (κ3) is 4.35. The predicted octanol–water partition coefficient (Wildman–Crippen LogP) is 2.15. The van der Waals surface area contributed by atoms with Crippen molar-refractivity contribution in [1.29, 1.82) is 0 Å². The van der Waals surface area contributed by atoms with Crippen molar-refractivity contribution in [2.45, 2.75) is 70.7 Å². The maximum atomic E-state index is 12.0. The van der Waals surface area contributed by atoms with Crippen molar-refractivity contribution in [2.75, 3.05) is 19.7 Å². The zero-order chi connectivity index (χ0) is 14.8. The molecule has 0 bridgehead atoms. The molecule has 20 heavy (non-hydrogen) atoms. The quantitative estimate of drug-likeness (QED) is 0.863. The summed E-state index contributed by atoms with van der Waals surface area (Å²) < 4.78 is 11.1. The minimum Gasteiger partial charge on any atom is -0.444 e. The van der Waals surface area contributed by atoms with Gasteiger partial charge in [-0.25, -0.2) is 4.79 Å². The lowest BCUT2D eigenvalue weighted by Gasteiger charge is -2.26. The number of ether oxygens (including phenoxy) is 2. The largest absolute Gasteiger partial charge is 0.444 e. The van der Waals surface area contributed by atoms with Crippen LogP contribution in [0.2, 0.25) is 0 Å². The lowest BCUT2D eigenvalue weighted by molar-refractivity contribution is 0.0288. The summed E-state index contributed by atoms with van der Waals surface area (Å²) >= 11 is 0. The van der Waals surface area contributed by atoms with E-state index < -0.39 is 5.60 Å². The lowest BCUT2D eigenvalue weighted by Crippen LogP contribution is -2.45. The third-order valence-electron chi connectivity index (χ3n) is 3.86. The number of rotatable bonds is 3. The van der Waals surface area contributed by atoms with E-state index >= 15 is 0 Å². The first kappa shape index (κ1) is 15.6. The molecule has 116 valence electrons. The summed E-state index contributed by atoms with van der Waals surface area (Å²) in [5.74, 6) is 0. The molecule has 3 unspecified atom stereocenters. The summed E-state index contributed by atoms with van der Waals surface area (Å²) in [6.07, 6.45) is 3.40. The molecule has 0 radical (unpaired) electrons. The first-order valence-electron chi connectivity index (χ1n) is 7.71. The van der Waals surface area contributed by atoms with Gasteiger partial charge in [-0.15, -0.1) is 0 Å². The van der Waals surface area contributed by atoms with Gasteiger partial charge in [0.05, 0.1) is 6.10 Å². The first-order valence-corrected chi connectivity index (χ1v) is 7.71. The predicted molar refractivity (Wildman–Crippen MR) is 77.8 cm³/mol. The fraction of sp³-hybridized carbons (Fsp3) is 0.933. The summed E-state index contributed by atoms with van der Waals surface area (Å²) in [6, 6.07) is 0.697. The van der Waals surface area contributed by atoms with Crippen molar-refractivity contribution < 1.29 is 14.3 Å². The molecule has 0 aromatic rings. The Morgan fingerprint density at radius 1 is 1.40 bits per heavy atom. The number of carbonyl (C=O) groups is 1. The van der Waals surface area contributed by atoms with E-state index in [1.807, 2.05) is 20.8 Å². The summed E-state index contributed by atoms with van der Waals surface area (Å²) in [4.78, 5) is 13.8. The normalized spacial score (nSPS) is 28.7. The van der Waals surface area contributed by atoms with Crippen LogP contribution in [0.3, 0.4) is 0 Å². The number of amides is 1. The molecular weight excluding hydrogens is 256 g/mol. The van der Waals surface area contributed by atoms with Crippen molar-refractivity contribution in [3.63, 3.8) is 0 Å². The van der Waals surface area contributed by atoms with Gasteiger partial charge in [0.1, 0.15) is 5.60 Å². The van der Waals surface area contributed by atoms with E-state index in [1.165, 1.54) is 0 Å². The number of nitrogens with zero attached hydrogens (tertiary/aromatic N) is 1. The van der Waals surface area contributed by atoms with Crippen LogP contribution >= 0.6 is 0 Å². The van der Waals surface area contributed by atoms with Gasteiger partial charge in [0.25, 0.3) is 0 Å². The molecule has 0 spiro atoms. The number of hydrogen-bond donors (Lipinski definition) is 1. The average Bonchev–Trinajstić information content (AvgIpc) is 2.97. The van der Waals surface area contributed by atoms with Gasteiger partial charge < -0.3 is 19.7 Å². The summed E-state index contributed by atoms with van der Waals surface area (Å²) in [6.45, 7) is 10.2. The number of hydrogen-bond acceptors (Lipinski definition) is 4. The van der Waals surface area contributed by atoms with E-state index in [4.69, 9.17) is 9.47 Å². The van der Waals surface area contributed by atoms with Crippen LogP contribution in [0.5, 0.6) is 0 Å². The highest BCUT2D eigenvalue weighted by Gasteiger charge is 2.32. The number of carbonyl (C=O) groups excluding carboxylic acids is 1. The van der Waals surface area contributed by atoms with E-state index in [0.29, 0.717) is 18.2 Å². The van der Waals surface area contributed by atoms with Crippen molar-refractivity contribution in [3.05, 3.63) is 0 Å². The smallest absolute Gasteiger partial charge is 0.410 e. The Morgan fingerprint density at radius 2 is 2.15 bits per heavy atom. The Morgan fingerprint density at radius 3 is 2.75 bits per heavy atom. The molecule has 0 aromatic heterocycles. The first-order chi connectivity index (χ1) is 9.35. The van der Waals surface area contributed by atoms with Crippen molar-refractivity contribution in [1.82, 2.24) is 10.2 Å². The summed E-state index contributed by atoms with van der Waals surface area (Å²) in [7, 11) is 0. The third-order valence-corrected chi connectivity index (χ3v) is 3.86. The molecule has 2 aliphatic heterocycles. The molecule has 2 aliphatic rings. The topological polar surface area (TPSA) is 50.8 Å². The van der Waals surface area contributed by atoms with Gasteiger partial charge in [0, 0.05) is 31.8 Å². The van der Waals surface area contributed by atoms with E-state index in [0.717, 1.165) is 39.0 Å². The molecule has 2 rings (SSSR count). The van der Waals surface area contributed by atoms with E-state index in [1.54, 1.807) is 4.90 Å². The van der Waals surface area contributed by atoms with E-state index in [9.17, 15) is 4.79 Å². The summed E-state index contributed by atoms with van der Waals surface area (Å²) in [5.41, 5.74) is -0.423. The zero-order valence-electron chi connectivity index (χ0n) is 13.1. The minimum atomic E-state index is -0.423. The highest BCUT2D eigenvalue weighted by atomic mass is 16.6. The van der Waals surface area contributed by atoms with Gasteiger partial charge in [0.15, 0.2) is 0 Å². The van der Waals surface area contributed by atoms with Crippen LogP contribution in [0.25, 0.3) is 0 Å². The molecule has 5 heteroatoms. The van der Waals surface area contributed by atoms with Gasteiger partial charge in [-0.2, -0.15) is 0 Å². The molecule has 1 N–H and O–H groups in total. The second-order valence-corrected chi connectivity index (χ2v) is 6.92.